The van der Waals surface area contributed by atoms with Crippen LogP contribution < -0.4 is 0 Å². The van der Waals surface area contributed by atoms with Gasteiger partial charge in [-0.05, 0) is 18.2 Å². The molecule has 60 valence electrons. The molecule has 0 aliphatic carbocycles. The molecule has 2 aromatic rings. The molecule has 2 rings (SSSR count). The molecule has 0 radical (unpaired) electrons. The van der Waals surface area contributed by atoms with E-state index in [0.717, 1.165) is 0 Å². The Morgan fingerprint density at radius 3 is 2.67 bits per heavy atom. The molecule has 3 nitrogen and oxygen atoms in total. The lowest BCUT2D eigenvalue weighted by atomic mass is 10.3. The predicted octanol–water partition coefficient (Wildman–Crippen LogP) is 1.77. The van der Waals surface area contributed by atoms with Crippen molar-refractivity contribution < 1.29 is 9.21 Å². The minimum absolute atomic E-state index is 0.0752. The maximum absolute atomic E-state index is 11.5. The molecule has 3 heteroatoms. The van der Waals surface area contributed by atoms with Crippen molar-refractivity contribution in [3.63, 3.8) is 0 Å². The summed E-state index contributed by atoms with van der Waals surface area (Å²) in [6, 6.07) is 5.25. The summed E-state index contributed by atoms with van der Waals surface area (Å²) in [4.78, 5) is 11.5. The van der Waals surface area contributed by atoms with Crippen molar-refractivity contribution in [2.45, 2.75) is 0 Å². The van der Waals surface area contributed by atoms with Crippen LogP contribution in [0.15, 0.2) is 47.5 Å². The highest BCUT2D eigenvalue weighted by molar-refractivity contribution is 5.95. The van der Waals surface area contributed by atoms with Crippen LogP contribution in [-0.4, -0.2) is 10.5 Å². The van der Waals surface area contributed by atoms with Crippen LogP contribution in [0.1, 0.15) is 10.4 Å². The first-order valence-electron chi connectivity index (χ1n) is 3.58. The third kappa shape index (κ3) is 1.05. The molecule has 2 aromatic heterocycles. The second-order valence-corrected chi connectivity index (χ2v) is 2.41. The van der Waals surface area contributed by atoms with Gasteiger partial charge in [-0.3, -0.25) is 9.36 Å². The van der Waals surface area contributed by atoms with Crippen molar-refractivity contribution in [3.8, 4) is 0 Å². The van der Waals surface area contributed by atoms with Gasteiger partial charge in [0.05, 0.1) is 11.8 Å². The molecule has 0 amide bonds. The number of aromatic nitrogens is 1. The minimum atomic E-state index is -0.0752. The largest absolute Gasteiger partial charge is 0.472 e. The van der Waals surface area contributed by atoms with E-state index in [-0.39, 0.29) is 5.91 Å². The minimum Gasteiger partial charge on any atom is -0.472 e. The number of hydrogen-bond donors (Lipinski definition) is 0. The van der Waals surface area contributed by atoms with Crippen LogP contribution in [-0.2, 0) is 0 Å². The van der Waals surface area contributed by atoms with Crippen LogP contribution in [0.3, 0.4) is 0 Å². The zero-order chi connectivity index (χ0) is 8.39. The lowest BCUT2D eigenvalue weighted by Gasteiger charge is -1.95. The van der Waals surface area contributed by atoms with Crippen molar-refractivity contribution in [3.05, 3.63) is 48.7 Å². The number of hydrogen-bond acceptors (Lipinski definition) is 2. The lowest BCUT2D eigenvalue weighted by Crippen LogP contribution is -2.07. The molecule has 0 bridgehead atoms. The summed E-state index contributed by atoms with van der Waals surface area (Å²) in [5.41, 5.74) is 0.561. The third-order valence-corrected chi connectivity index (χ3v) is 1.61. The Bertz CT molecular complexity index is 323. The SMILES string of the molecule is O=C(c1ccoc1)n1cccc1. The van der Waals surface area contributed by atoms with Gasteiger partial charge in [-0.2, -0.15) is 0 Å². The number of carbonyl (C=O) groups is 1. The van der Waals surface area contributed by atoms with Gasteiger partial charge in [-0.15, -0.1) is 0 Å². The van der Waals surface area contributed by atoms with Crippen LogP contribution >= 0.6 is 0 Å². The highest BCUT2D eigenvalue weighted by Gasteiger charge is 2.06. The zero-order valence-electron chi connectivity index (χ0n) is 6.31. The Kier molecular flexibility index (Phi) is 1.55. The van der Waals surface area contributed by atoms with E-state index >= 15 is 0 Å². The van der Waals surface area contributed by atoms with Gasteiger partial charge in [-0.25, -0.2) is 0 Å². The summed E-state index contributed by atoms with van der Waals surface area (Å²) >= 11 is 0. The molecule has 0 aliphatic heterocycles. The number of nitrogens with zero attached hydrogens (tertiary/aromatic N) is 1. The molecule has 0 N–H and O–H groups in total. The summed E-state index contributed by atoms with van der Waals surface area (Å²) in [6.07, 6.45) is 6.32. The van der Waals surface area contributed by atoms with Gasteiger partial charge in [0.15, 0.2) is 0 Å². The average molecular weight is 161 g/mol. The zero-order valence-corrected chi connectivity index (χ0v) is 6.31. The quantitative estimate of drug-likeness (QED) is 0.638. The molecule has 0 spiro atoms. The van der Waals surface area contributed by atoms with E-state index in [1.807, 2.05) is 0 Å². The number of furan rings is 1. The predicted molar refractivity (Wildman–Crippen MR) is 42.9 cm³/mol. The molecule has 2 heterocycles. The molecule has 0 atom stereocenters. The molecule has 0 saturated heterocycles. The van der Waals surface area contributed by atoms with Gasteiger partial charge in [-0.1, -0.05) is 0 Å². The highest BCUT2D eigenvalue weighted by Crippen LogP contribution is 2.03. The van der Waals surface area contributed by atoms with E-state index in [0.29, 0.717) is 5.56 Å². The van der Waals surface area contributed by atoms with Crippen molar-refractivity contribution in [2.24, 2.45) is 0 Å². The van der Waals surface area contributed by atoms with Gasteiger partial charge in [0, 0.05) is 12.4 Å². The fraction of sp³-hybridized carbons (Fsp3) is 0. The Morgan fingerprint density at radius 1 is 1.33 bits per heavy atom. The molecule has 0 unspecified atom stereocenters. The number of carbonyl (C=O) groups excluding carboxylic acids is 1. The van der Waals surface area contributed by atoms with E-state index in [9.17, 15) is 4.79 Å². The molecule has 0 aromatic carbocycles. The normalized spacial score (nSPS) is 10.0. The smallest absolute Gasteiger partial charge is 0.265 e. The van der Waals surface area contributed by atoms with E-state index in [1.165, 1.54) is 17.1 Å². The Hall–Kier alpha value is -1.77. The van der Waals surface area contributed by atoms with Crippen molar-refractivity contribution in [2.75, 3.05) is 0 Å². The maximum Gasteiger partial charge on any atom is 0.265 e. The summed E-state index contributed by atoms with van der Waals surface area (Å²) in [7, 11) is 0. The Morgan fingerprint density at radius 2 is 2.08 bits per heavy atom. The van der Waals surface area contributed by atoms with Crippen LogP contribution in [0, 0.1) is 0 Å². The van der Waals surface area contributed by atoms with Gasteiger partial charge >= 0.3 is 0 Å². The monoisotopic (exact) mass is 161 g/mol. The van der Waals surface area contributed by atoms with Crippen LogP contribution in [0.5, 0.6) is 0 Å². The van der Waals surface area contributed by atoms with Crippen LogP contribution in [0.4, 0.5) is 0 Å². The fourth-order valence-electron chi connectivity index (χ4n) is 1.01. The molecular weight excluding hydrogens is 154 g/mol. The van der Waals surface area contributed by atoms with Crippen LogP contribution in [0.2, 0.25) is 0 Å². The second kappa shape index (κ2) is 2.70. The van der Waals surface area contributed by atoms with Gasteiger partial charge < -0.3 is 4.42 Å². The first-order valence-corrected chi connectivity index (χ1v) is 3.58. The first kappa shape index (κ1) is 6.91. The maximum atomic E-state index is 11.5. The first-order chi connectivity index (χ1) is 5.88. The summed E-state index contributed by atoms with van der Waals surface area (Å²) in [5.74, 6) is -0.0752. The Labute approximate surface area is 69.2 Å². The van der Waals surface area contributed by atoms with Crippen molar-refractivity contribution in [1.29, 1.82) is 0 Å². The Balaban J connectivity index is 2.34. The molecule has 0 saturated carbocycles. The third-order valence-electron chi connectivity index (χ3n) is 1.61. The van der Waals surface area contributed by atoms with Crippen LogP contribution in [0.25, 0.3) is 0 Å². The lowest BCUT2D eigenvalue weighted by molar-refractivity contribution is 0.0959. The summed E-state index contributed by atoms with van der Waals surface area (Å²) < 4.78 is 6.30. The van der Waals surface area contributed by atoms with E-state index < -0.39 is 0 Å². The van der Waals surface area contributed by atoms with Gasteiger partial charge in [0.25, 0.3) is 5.91 Å². The molecular formula is C9H7NO2. The molecule has 0 aliphatic rings. The second-order valence-electron chi connectivity index (χ2n) is 2.41. The van der Waals surface area contributed by atoms with Gasteiger partial charge in [0.1, 0.15) is 6.26 Å². The van der Waals surface area contributed by atoms with Gasteiger partial charge in [0.2, 0.25) is 0 Å². The van der Waals surface area contributed by atoms with Crippen molar-refractivity contribution >= 4 is 5.91 Å². The fourth-order valence-corrected chi connectivity index (χ4v) is 1.01. The number of rotatable bonds is 1. The summed E-state index contributed by atoms with van der Waals surface area (Å²) in [5, 5.41) is 0. The molecule has 12 heavy (non-hydrogen) atoms. The standard InChI is InChI=1S/C9H7NO2/c11-9(8-3-6-12-7-8)10-4-1-2-5-10/h1-7H. The van der Waals surface area contributed by atoms with Crippen molar-refractivity contribution in [1.82, 2.24) is 4.57 Å². The van der Waals surface area contributed by atoms with E-state index in [1.54, 1.807) is 30.6 Å². The topological polar surface area (TPSA) is 35.1 Å². The molecule has 0 fully saturated rings. The highest BCUT2D eigenvalue weighted by atomic mass is 16.3. The average Bonchev–Trinajstić information content (AvgIpc) is 2.77. The van der Waals surface area contributed by atoms with E-state index in [4.69, 9.17) is 4.42 Å². The summed E-state index contributed by atoms with van der Waals surface area (Å²) in [6.45, 7) is 0. The van der Waals surface area contributed by atoms with E-state index in [2.05, 4.69) is 0 Å².